The van der Waals surface area contributed by atoms with Crippen LogP contribution in [0.25, 0.3) is 0 Å². The van der Waals surface area contributed by atoms with Crippen LogP contribution in [0.15, 0.2) is 6.33 Å². The number of aryl methyl sites for hydroxylation is 1. The Morgan fingerprint density at radius 2 is 2.06 bits per heavy atom. The van der Waals surface area contributed by atoms with Crippen LogP contribution in [-0.2, 0) is 22.9 Å². The number of nitrogens with one attached hydrogen (secondary N) is 1. The van der Waals surface area contributed by atoms with E-state index in [0.717, 1.165) is 42.8 Å². The number of sulfonamides is 1. The van der Waals surface area contributed by atoms with Crippen LogP contribution in [0.4, 0.5) is 5.82 Å². The van der Waals surface area contributed by atoms with Crippen LogP contribution >= 0.6 is 0 Å². The zero-order valence-electron chi connectivity index (χ0n) is 9.52. The predicted molar refractivity (Wildman–Crippen MR) is 65.1 cm³/mol. The molecule has 0 radical (unpaired) electrons. The molecule has 0 saturated carbocycles. The van der Waals surface area contributed by atoms with Gasteiger partial charge in [-0.1, -0.05) is 0 Å². The number of aromatic nitrogens is 2. The van der Waals surface area contributed by atoms with E-state index >= 15 is 0 Å². The lowest BCUT2D eigenvalue weighted by molar-refractivity contribution is 0.598. The Bertz CT molecular complexity index is 501. The number of primary sulfonamides is 1. The Balaban J connectivity index is 2.06. The molecule has 0 amide bonds. The average molecular weight is 256 g/mol. The number of anilines is 1. The van der Waals surface area contributed by atoms with Crippen molar-refractivity contribution in [2.75, 3.05) is 17.6 Å². The molecule has 1 aromatic rings. The summed E-state index contributed by atoms with van der Waals surface area (Å²) >= 11 is 0. The largest absolute Gasteiger partial charge is 0.369 e. The molecule has 0 saturated heterocycles. The summed E-state index contributed by atoms with van der Waals surface area (Å²) in [5.74, 6) is 0.657. The van der Waals surface area contributed by atoms with Crippen molar-refractivity contribution in [3.05, 3.63) is 17.6 Å². The van der Waals surface area contributed by atoms with Crippen molar-refractivity contribution in [1.82, 2.24) is 9.97 Å². The molecule has 7 heteroatoms. The molecular weight excluding hydrogens is 240 g/mol. The third-order valence-electron chi connectivity index (χ3n) is 2.80. The lowest BCUT2D eigenvalue weighted by Gasteiger charge is -2.17. The van der Waals surface area contributed by atoms with Gasteiger partial charge in [0.1, 0.15) is 12.1 Å². The van der Waals surface area contributed by atoms with Gasteiger partial charge in [-0.15, -0.1) is 0 Å². The molecule has 1 aromatic heterocycles. The summed E-state index contributed by atoms with van der Waals surface area (Å²) in [6, 6.07) is 0. The van der Waals surface area contributed by atoms with Crippen LogP contribution in [-0.4, -0.2) is 30.7 Å². The minimum atomic E-state index is -3.42. The molecule has 1 heterocycles. The molecule has 0 atom stereocenters. The standard InChI is InChI=1S/C10H16N4O2S/c11-17(15,16)6-5-12-10-8-3-1-2-4-9(8)13-7-14-10/h7H,1-6H2,(H2,11,15,16)(H,12,13,14). The maximum Gasteiger partial charge on any atom is 0.210 e. The van der Waals surface area contributed by atoms with E-state index in [-0.39, 0.29) is 12.3 Å². The number of fused-ring (bicyclic) bond motifs is 1. The van der Waals surface area contributed by atoms with E-state index in [0.29, 0.717) is 0 Å². The summed E-state index contributed by atoms with van der Waals surface area (Å²) in [6.45, 7) is 0.280. The van der Waals surface area contributed by atoms with E-state index < -0.39 is 10.0 Å². The zero-order valence-corrected chi connectivity index (χ0v) is 10.3. The number of rotatable bonds is 4. The number of hydrogen-bond donors (Lipinski definition) is 2. The van der Waals surface area contributed by atoms with Crippen LogP contribution in [0.2, 0.25) is 0 Å². The summed E-state index contributed by atoms with van der Waals surface area (Å²) in [7, 11) is -3.42. The maximum atomic E-state index is 10.8. The first-order valence-electron chi connectivity index (χ1n) is 5.63. The molecule has 0 spiro atoms. The van der Waals surface area contributed by atoms with Gasteiger partial charge >= 0.3 is 0 Å². The van der Waals surface area contributed by atoms with Gasteiger partial charge < -0.3 is 5.32 Å². The highest BCUT2D eigenvalue weighted by Crippen LogP contribution is 2.23. The van der Waals surface area contributed by atoms with Gasteiger partial charge in [0.25, 0.3) is 0 Å². The van der Waals surface area contributed by atoms with E-state index in [1.165, 1.54) is 6.33 Å². The first kappa shape index (κ1) is 12.3. The quantitative estimate of drug-likeness (QED) is 0.793. The van der Waals surface area contributed by atoms with Crippen LogP contribution in [0.1, 0.15) is 24.1 Å². The number of nitrogens with zero attached hydrogens (tertiary/aromatic N) is 2. The number of nitrogens with two attached hydrogens (primary N) is 1. The van der Waals surface area contributed by atoms with Crippen molar-refractivity contribution >= 4 is 15.8 Å². The molecule has 94 valence electrons. The molecule has 2 rings (SSSR count). The number of hydrogen-bond acceptors (Lipinski definition) is 5. The Kier molecular flexibility index (Phi) is 3.58. The van der Waals surface area contributed by atoms with Crippen molar-refractivity contribution in [2.24, 2.45) is 5.14 Å². The van der Waals surface area contributed by atoms with Crippen molar-refractivity contribution in [3.8, 4) is 0 Å². The van der Waals surface area contributed by atoms with Crippen LogP contribution in [0.5, 0.6) is 0 Å². The predicted octanol–water partition coefficient (Wildman–Crippen LogP) is 0.0558. The fourth-order valence-corrected chi connectivity index (χ4v) is 2.37. The van der Waals surface area contributed by atoms with E-state index in [1.807, 2.05) is 0 Å². The molecule has 1 aliphatic carbocycles. The van der Waals surface area contributed by atoms with Gasteiger partial charge in [-0.3, -0.25) is 0 Å². The maximum absolute atomic E-state index is 10.8. The molecular formula is C10H16N4O2S. The van der Waals surface area contributed by atoms with Gasteiger partial charge in [0, 0.05) is 17.8 Å². The Morgan fingerprint density at radius 1 is 1.29 bits per heavy atom. The van der Waals surface area contributed by atoms with E-state index in [1.54, 1.807) is 0 Å². The summed E-state index contributed by atoms with van der Waals surface area (Å²) < 4.78 is 21.6. The molecule has 17 heavy (non-hydrogen) atoms. The molecule has 1 aliphatic rings. The Labute approximate surface area is 101 Å². The summed E-state index contributed by atoms with van der Waals surface area (Å²) in [4.78, 5) is 8.40. The molecule has 0 bridgehead atoms. The Morgan fingerprint density at radius 3 is 2.82 bits per heavy atom. The third-order valence-corrected chi connectivity index (χ3v) is 3.58. The fourth-order valence-electron chi connectivity index (χ4n) is 1.99. The second-order valence-electron chi connectivity index (χ2n) is 4.15. The topological polar surface area (TPSA) is 98.0 Å². The highest BCUT2D eigenvalue weighted by Gasteiger charge is 2.15. The highest BCUT2D eigenvalue weighted by atomic mass is 32.2. The second kappa shape index (κ2) is 4.97. The van der Waals surface area contributed by atoms with Gasteiger partial charge in [0.05, 0.1) is 5.75 Å². The van der Waals surface area contributed by atoms with E-state index in [4.69, 9.17) is 5.14 Å². The smallest absolute Gasteiger partial charge is 0.210 e. The average Bonchev–Trinajstić information content (AvgIpc) is 2.28. The van der Waals surface area contributed by atoms with Crippen molar-refractivity contribution in [1.29, 1.82) is 0 Å². The molecule has 0 fully saturated rings. The van der Waals surface area contributed by atoms with Crippen LogP contribution in [0.3, 0.4) is 0 Å². The van der Waals surface area contributed by atoms with E-state index in [2.05, 4.69) is 15.3 Å². The minimum Gasteiger partial charge on any atom is -0.369 e. The monoisotopic (exact) mass is 256 g/mol. The summed E-state index contributed by atoms with van der Waals surface area (Å²) in [6.07, 6.45) is 5.73. The molecule has 6 nitrogen and oxygen atoms in total. The van der Waals surface area contributed by atoms with Crippen molar-refractivity contribution < 1.29 is 8.42 Å². The highest BCUT2D eigenvalue weighted by molar-refractivity contribution is 7.89. The summed E-state index contributed by atoms with van der Waals surface area (Å²) in [5, 5.41) is 7.96. The van der Waals surface area contributed by atoms with Gasteiger partial charge in [0.2, 0.25) is 10.0 Å². The van der Waals surface area contributed by atoms with Gasteiger partial charge in [0.15, 0.2) is 0 Å². The minimum absolute atomic E-state index is 0.0915. The SMILES string of the molecule is NS(=O)(=O)CCNc1ncnc2c1CCCC2. The molecule has 0 unspecified atom stereocenters. The lowest BCUT2D eigenvalue weighted by Crippen LogP contribution is -2.23. The van der Waals surface area contributed by atoms with Crippen molar-refractivity contribution in [3.63, 3.8) is 0 Å². The normalized spacial score (nSPS) is 15.4. The first-order chi connectivity index (χ1) is 8.06. The van der Waals surface area contributed by atoms with Crippen LogP contribution < -0.4 is 10.5 Å². The Hall–Kier alpha value is -1.21. The van der Waals surface area contributed by atoms with E-state index in [9.17, 15) is 8.42 Å². The molecule has 0 aromatic carbocycles. The second-order valence-corrected chi connectivity index (χ2v) is 5.88. The van der Waals surface area contributed by atoms with Gasteiger partial charge in [-0.25, -0.2) is 23.5 Å². The van der Waals surface area contributed by atoms with Gasteiger partial charge in [-0.2, -0.15) is 0 Å². The third kappa shape index (κ3) is 3.37. The zero-order chi connectivity index (χ0) is 12.3. The first-order valence-corrected chi connectivity index (χ1v) is 7.35. The van der Waals surface area contributed by atoms with Crippen LogP contribution in [0, 0.1) is 0 Å². The van der Waals surface area contributed by atoms with Crippen molar-refractivity contribution in [2.45, 2.75) is 25.7 Å². The lowest BCUT2D eigenvalue weighted by atomic mass is 9.96. The molecule has 3 N–H and O–H groups in total. The summed E-state index contributed by atoms with van der Waals surface area (Å²) in [5.41, 5.74) is 2.19. The molecule has 0 aliphatic heterocycles. The van der Waals surface area contributed by atoms with Gasteiger partial charge in [-0.05, 0) is 25.7 Å². The fraction of sp³-hybridized carbons (Fsp3) is 0.600.